The lowest BCUT2D eigenvalue weighted by Crippen LogP contribution is -2.47. The van der Waals surface area contributed by atoms with Gasteiger partial charge in [-0.15, -0.1) is 11.8 Å². The van der Waals surface area contributed by atoms with Crippen molar-refractivity contribution in [3.05, 3.63) is 59.8 Å². The Balaban J connectivity index is 1.60. The molecule has 25 heavy (non-hydrogen) atoms. The summed E-state index contributed by atoms with van der Waals surface area (Å²) in [4.78, 5) is 19.5. The van der Waals surface area contributed by atoms with Crippen molar-refractivity contribution in [3.8, 4) is 0 Å². The van der Waals surface area contributed by atoms with Gasteiger partial charge in [-0.3, -0.25) is 4.79 Å². The Morgan fingerprint density at radius 2 is 1.96 bits per heavy atom. The van der Waals surface area contributed by atoms with Gasteiger partial charge >= 0.3 is 0 Å². The van der Waals surface area contributed by atoms with E-state index in [9.17, 15) is 4.79 Å². The number of ether oxygens (including phenoxy) is 1. The van der Waals surface area contributed by atoms with Gasteiger partial charge in [0.05, 0.1) is 18.2 Å². The number of rotatable bonds is 4. The number of carbonyl (C=O) groups is 1. The number of aromatic nitrogens is 1. The molecule has 130 valence electrons. The molecule has 5 heteroatoms. The molecule has 1 aliphatic carbocycles. The SMILES string of the molecule is CSc1ncccc1C(=O)N1C[C@@H](c2ccccc2)O[C@@H](C2CC2)C1. The van der Waals surface area contributed by atoms with Gasteiger partial charge in [-0.25, -0.2) is 4.98 Å². The lowest BCUT2D eigenvalue weighted by molar-refractivity contribution is -0.0864. The van der Waals surface area contributed by atoms with Gasteiger partial charge in [0.25, 0.3) is 5.91 Å². The van der Waals surface area contributed by atoms with E-state index < -0.39 is 0 Å². The number of hydrogen-bond donors (Lipinski definition) is 0. The van der Waals surface area contributed by atoms with Crippen LogP contribution in [0.2, 0.25) is 0 Å². The molecule has 2 atom stereocenters. The van der Waals surface area contributed by atoms with E-state index in [1.165, 1.54) is 24.6 Å². The normalized spacial score (nSPS) is 23.5. The van der Waals surface area contributed by atoms with Gasteiger partial charge in [0, 0.05) is 12.7 Å². The minimum absolute atomic E-state index is 0.0566. The standard InChI is InChI=1S/C20H22N2O2S/c1-25-19-16(8-5-11-21-19)20(23)22-12-17(14-6-3-2-4-7-14)24-18(13-22)15-9-10-15/h2-8,11,15,17-18H,9-10,12-13H2,1H3/t17-,18+/m0/s1. The van der Waals surface area contributed by atoms with Gasteiger partial charge < -0.3 is 9.64 Å². The molecule has 1 aromatic heterocycles. The molecule has 1 saturated carbocycles. The summed E-state index contributed by atoms with van der Waals surface area (Å²) in [6.07, 6.45) is 6.19. The third-order valence-electron chi connectivity index (χ3n) is 4.93. The minimum Gasteiger partial charge on any atom is -0.366 e. The quantitative estimate of drug-likeness (QED) is 0.784. The smallest absolute Gasteiger partial charge is 0.256 e. The van der Waals surface area contributed by atoms with Crippen molar-refractivity contribution < 1.29 is 9.53 Å². The average molecular weight is 354 g/mol. The van der Waals surface area contributed by atoms with E-state index in [-0.39, 0.29) is 18.1 Å². The van der Waals surface area contributed by atoms with E-state index >= 15 is 0 Å². The number of hydrogen-bond acceptors (Lipinski definition) is 4. The van der Waals surface area contributed by atoms with Gasteiger partial charge in [0.1, 0.15) is 11.1 Å². The first-order chi connectivity index (χ1) is 12.3. The monoisotopic (exact) mass is 354 g/mol. The first-order valence-corrected chi connectivity index (χ1v) is 9.97. The summed E-state index contributed by atoms with van der Waals surface area (Å²) in [5, 5.41) is 0.790. The Hall–Kier alpha value is -1.85. The van der Waals surface area contributed by atoms with Crippen LogP contribution in [-0.2, 0) is 4.74 Å². The van der Waals surface area contributed by atoms with Crippen molar-refractivity contribution in [3.63, 3.8) is 0 Å². The minimum atomic E-state index is -0.0566. The molecule has 4 rings (SSSR count). The van der Waals surface area contributed by atoms with Crippen LogP contribution in [0.1, 0.15) is 34.9 Å². The fourth-order valence-electron chi connectivity index (χ4n) is 3.42. The molecular formula is C20H22N2O2S. The number of nitrogens with zero attached hydrogens (tertiary/aromatic N) is 2. The highest BCUT2D eigenvalue weighted by Crippen LogP contribution is 2.39. The summed E-state index contributed by atoms with van der Waals surface area (Å²) in [6.45, 7) is 1.27. The Kier molecular flexibility index (Phi) is 4.77. The summed E-state index contributed by atoms with van der Waals surface area (Å²) < 4.78 is 6.35. The molecule has 1 aliphatic heterocycles. The molecule has 4 nitrogen and oxygen atoms in total. The van der Waals surface area contributed by atoms with Crippen LogP contribution in [0.25, 0.3) is 0 Å². The molecule has 0 radical (unpaired) electrons. The molecule has 0 bridgehead atoms. The Bertz CT molecular complexity index is 748. The second-order valence-electron chi connectivity index (χ2n) is 6.68. The van der Waals surface area contributed by atoms with Gasteiger partial charge in [0.15, 0.2) is 0 Å². The number of thioether (sulfide) groups is 1. The molecule has 0 spiro atoms. The van der Waals surface area contributed by atoms with Crippen LogP contribution in [0.15, 0.2) is 53.7 Å². The van der Waals surface area contributed by atoms with Crippen LogP contribution < -0.4 is 0 Å². The maximum atomic E-state index is 13.2. The predicted molar refractivity (Wildman–Crippen MR) is 98.7 cm³/mol. The number of pyridine rings is 1. The summed E-state index contributed by atoms with van der Waals surface area (Å²) in [7, 11) is 0. The predicted octanol–water partition coefficient (Wildman–Crippen LogP) is 3.80. The second-order valence-corrected chi connectivity index (χ2v) is 7.48. The van der Waals surface area contributed by atoms with Crippen molar-refractivity contribution in [1.82, 2.24) is 9.88 Å². The molecule has 2 aliphatic rings. The number of carbonyl (C=O) groups excluding carboxylic acids is 1. The Labute approximate surface area is 152 Å². The van der Waals surface area contributed by atoms with Crippen molar-refractivity contribution in [2.75, 3.05) is 19.3 Å². The summed E-state index contributed by atoms with van der Waals surface area (Å²) in [5.74, 6) is 0.656. The van der Waals surface area contributed by atoms with E-state index in [4.69, 9.17) is 4.74 Å². The maximum Gasteiger partial charge on any atom is 0.256 e. The highest BCUT2D eigenvalue weighted by Gasteiger charge is 2.40. The second kappa shape index (κ2) is 7.18. The Morgan fingerprint density at radius 3 is 2.68 bits per heavy atom. The zero-order chi connectivity index (χ0) is 17.2. The zero-order valence-corrected chi connectivity index (χ0v) is 15.1. The lowest BCUT2D eigenvalue weighted by atomic mass is 10.0. The molecule has 0 N–H and O–H groups in total. The van der Waals surface area contributed by atoms with Crippen molar-refractivity contribution >= 4 is 17.7 Å². The maximum absolute atomic E-state index is 13.2. The molecule has 1 aromatic carbocycles. The van der Waals surface area contributed by atoms with Crippen LogP contribution in [0, 0.1) is 5.92 Å². The van der Waals surface area contributed by atoms with Crippen molar-refractivity contribution in [2.45, 2.75) is 30.1 Å². The number of morpholine rings is 1. The molecule has 2 aromatic rings. The lowest BCUT2D eigenvalue weighted by Gasteiger charge is -2.38. The highest BCUT2D eigenvalue weighted by molar-refractivity contribution is 7.98. The Morgan fingerprint density at radius 1 is 1.16 bits per heavy atom. The molecule has 2 fully saturated rings. The average Bonchev–Trinajstić information content (AvgIpc) is 3.53. The topological polar surface area (TPSA) is 42.4 Å². The first-order valence-electron chi connectivity index (χ1n) is 8.75. The van der Waals surface area contributed by atoms with E-state index in [2.05, 4.69) is 17.1 Å². The van der Waals surface area contributed by atoms with Crippen LogP contribution >= 0.6 is 11.8 Å². The number of benzene rings is 1. The fraction of sp³-hybridized carbons (Fsp3) is 0.400. The van der Waals surface area contributed by atoms with Crippen molar-refractivity contribution in [2.24, 2.45) is 5.92 Å². The van der Waals surface area contributed by atoms with Gasteiger partial charge in [0.2, 0.25) is 0 Å². The van der Waals surface area contributed by atoms with E-state index in [0.29, 0.717) is 24.6 Å². The third kappa shape index (κ3) is 3.58. The van der Waals surface area contributed by atoms with Crippen molar-refractivity contribution in [1.29, 1.82) is 0 Å². The summed E-state index contributed by atoms with van der Waals surface area (Å²) in [6, 6.07) is 13.9. The zero-order valence-electron chi connectivity index (χ0n) is 14.3. The fourth-order valence-corrected chi connectivity index (χ4v) is 3.96. The third-order valence-corrected chi connectivity index (χ3v) is 5.64. The highest BCUT2D eigenvalue weighted by atomic mass is 32.2. The molecule has 1 saturated heterocycles. The molecular weight excluding hydrogens is 332 g/mol. The molecule has 0 unspecified atom stereocenters. The summed E-state index contributed by atoms with van der Waals surface area (Å²) in [5.41, 5.74) is 1.83. The van der Waals surface area contributed by atoms with Gasteiger partial charge in [-0.2, -0.15) is 0 Å². The van der Waals surface area contributed by atoms with E-state index in [1.54, 1.807) is 6.20 Å². The first kappa shape index (κ1) is 16.6. The van der Waals surface area contributed by atoms with E-state index in [1.807, 2.05) is 41.5 Å². The van der Waals surface area contributed by atoms with Crippen LogP contribution in [0.4, 0.5) is 0 Å². The number of amides is 1. The van der Waals surface area contributed by atoms with Crippen LogP contribution in [0.5, 0.6) is 0 Å². The summed E-state index contributed by atoms with van der Waals surface area (Å²) >= 11 is 1.51. The largest absolute Gasteiger partial charge is 0.366 e. The van der Waals surface area contributed by atoms with E-state index in [0.717, 1.165) is 10.6 Å². The van der Waals surface area contributed by atoms with Gasteiger partial charge in [-0.1, -0.05) is 30.3 Å². The van der Waals surface area contributed by atoms with Gasteiger partial charge in [-0.05, 0) is 42.7 Å². The molecule has 2 heterocycles. The molecule has 1 amide bonds. The van der Waals surface area contributed by atoms with Crippen LogP contribution in [-0.4, -0.2) is 41.2 Å². The van der Waals surface area contributed by atoms with Crippen LogP contribution in [0.3, 0.4) is 0 Å².